The Bertz CT molecular complexity index is 565. The minimum Gasteiger partial charge on any atom is -0.465 e. The van der Waals surface area contributed by atoms with Crippen LogP contribution in [0, 0.1) is 0 Å². The number of esters is 1. The highest BCUT2D eigenvalue weighted by atomic mass is 32.2. The Hall–Kier alpha value is -1.66. The highest BCUT2D eigenvalue weighted by molar-refractivity contribution is 7.90. The molecule has 5 nitrogen and oxygen atoms in total. The summed E-state index contributed by atoms with van der Waals surface area (Å²) in [6.07, 6.45) is -0.898. The Morgan fingerprint density at radius 1 is 1.32 bits per heavy atom. The van der Waals surface area contributed by atoms with Crippen molar-refractivity contribution in [3.8, 4) is 0 Å². The molecule has 1 aromatic rings. The van der Waals surface area contributed by atoms with Crippen LogP contribution in [0.4, 0.5) is 5.69 Å². The lowest BCUT2D eigenvalue weighted by atomic mass is 10.2. The predicted molar refractivity (Wildman–Crippen MR) is 72.8 cm³/mol. The van der Waals surface area contributed by atoms with E-state index in [4.69, 9.17) is 0 Å². The smallest absolute Gasteiger partial charge is 0.337 e. The van der Waals surface area contributed by atoms with Crippen molar-refractivity contribution >= 4 is 22.6 Å². The van der Waals surface area contributed by atoms with Gasteiger partial charge >= 0.3 is 5.97 Å². The van der Waals surface area contributed by atoms with E-state index in [0.29, 0.717) is 21.7 Å². The number of rotatable bonds is 2. The monoisotopic (exact) mass is 281 g/mol. The van der Waals surface area contributed by atoms with Crippen molar-refractivity contribution in [2.75, 3.05) is 11.4 Å². The topological polar surface area (TPSA) is 66.8 Å². The quantitative estimate of drug-likeness (QED) is 0.836. The number of carbonyl (C=O) groups excluding carboxylic acids is 1. The van der Waals surface area contributed by atoms with E-state index in [0.717, 1.165) is 0 Å². The number of allylic oxidation sites excluding steroid dienone is 1. The van der Waals surface area contributed by atoms with Gasteiger partial charge in [0.25, 0.3) is 0 Å². The summed E-state index contributed by atoms with van der Waals surface area (Å²) in [6, 6.07) is 6.43. The van der Waals surface area contributed by atoms with E-state index in [2.05, 4.69) is 4.74 Å². The summed E-state index contributed by atoms with van der Waals surface area (Å²) >= 11 is 0. The standard InChI is InChI=1S/C13H15NO4S/c1-8-9(2)19(17)14(12(8)15)11-6-4-10(5-7-11)13(16)18-3/h4-7,12,15H,1-3H3/t12-,19?/m0/s1. The fourth-order valence-corrected chi connectivity index (χ4v) is 3.16. The Morgan fingerprint density at radius 3 is 2.32 bits per heavy atom. The molecule has 1 unspecified atom stereocenters. The molecule has 2 rings (SSSR count). The maximum absolute atomic E-state index is 12.1. The average molecular weight is 281 g/mol. The van der Waals surface area contributed by atoms with Crippen molar-refractivity contribution in [1.29, 1.82) is 0 Å². The van der Waals surface area contributed by atoms with Crippen LogP contribution in [0.15, 0.2) is 34.7 Å². The van der Waals surface area contributed by atoms with Crippen LogP contribution in [0.3, 0.4) is 0 Å². The molecular formula is C13H15NO4S. The molecule has 1 heterocycles. The normalized spacial score (nSPS) is 22.8. The zero-order chi connectivity index (χ0) is 14.2. The minimum absolute atomic E-state index is 0.409. The Labute approximate surface area is 114 Å². The number of hydrogen-bond donors (Lipinski definition) is 1. The molecule has 19 heavy (non-hydrogen) atoms. The van der Waals surface area contributed by atoms with Crippen LogP contribution in [-0.2, 0) is 15.7 Å². The van der Waals surface area contributed by atoms with Gasteiger partial charge in [-0.05, 0) is 43.7 Å². The van der Waals surface area contributed by atoms with E-state index < -0.39 is 23.2 Å². The van der Waals surface area contributed by atoms with Crippen LogP contribution in [0.25, 0.3) is 0 Å². The number of ether oxygens (including phenoxy) is 1. The minimum atomic E-state index is -1.39. The molecule has 0 radical (unpaired) electrons. The largest absolute Gasteiger partial charge is 0.465 e. The first-order chi connectivity index (χ1) is 8.97. The lowest BCUT2D eigenvalue weighted by molar-refractivity contribution is 0.0601. The van der Waals surface area contributed by atoms with Crippen LogP contribution < -0.4 is 4.31 Å². The Kier molecular flexibility index (Phi) is 3.73. The molecule has 0 spiro atoms. The maximum atomic E-state index is 12.1. The molecule has 0 saturated heterocycles. The van der Waals surface area contributed by atoms with Gasteiger partial charge in [-0.25, -0.2) is 9.00 Å². The molecule has 0 bridgehead atoms. The Morgan fingerprint density at radius 2 is 1.89 bits per heavy atom. The van der Waals surface area contributed by atoms with Gasteiger partial charge in [0.2, 0.25) is 0 Å². The van der Waals surface area contributed by atoms with Gasteiger partial charge in [0.05, 0.1) is 18.4 Å². The van der Waals surface area contributed by atoms with E-state index in [-0.39, 0.29) is 0 Å². The number of aliphatic hydroxyl groups excluding tert-OH is 1. The highest BCUT2D eigenvalue weighted by Gasteiger charge is 2.33. The number of hydrogen-bond acceptors (Lipinski definition) is 4. The van der Waals surface area contributed by atoms with Gasteiger partial charge in [0.1, 0.15) is 0 Å². The summed E-state index contributed by atoms with van der Waals surface area (Å²) < 4.78 is 18.1. The first-order valence-corrected chi connectivity index (χ1v) is 6.83. The van der Waals surface area contributed by atoms with E-state index >= 15 is 0 Å². The van der Waals surface area contributed by atoms with Gasteiger partial charge in [0.15, 0.2) is 17.2 Å². The van der Waals surface area contributed by atoms with Gasteiger partial charge in [-0.15, -0.1) is 0 Å². The molecule has 6 heteroatoms. The summed E-state index contributed by atoms with van der Waals surface area (Å²) in [6.45, 7) is 3.48. The van der Waals surface area contributed by atoms with Gasteiger partial charge in [-0.3, -0.25) is 4.31 Å². The van der Waals surface area contributed by atoms with Crippen molar-refractivity contribution in [1.82, 2.24) is 0 Å². The number of aliphatic hydroxyl groups is 1. The second-order valence-corrected chi connectivity index (χ2v) is 5.73. The first kappa shape index (κ1) is 13.8. The van der Waals surface area contributed by atoms with E-state index in [1.165, 1.54) is 11.4 Å². The number of carbonyl (C=O) groups is 1. The third-order valence-electron chi connectivity index (χ3n) is 3.15. The summed E-state index contributed by atoms with van der Waals surface area (Å²) in [4.78, 5) is 12.0. The summed E-state index contributed by atoms with van der Waals surface area (Å²) in [5.41, 5.74) is 1.69. The molecular weight excluding hydrogens is 266 g/mol. The second-order valence-electron chi connectivity index (χ2n) is 4.23. The van der Waals surface area contributed by atoms with Crippen LogP contribution in [0.1, 0.15) is 24.2 Å². The van der Waals surface area contributed by atoms with Crippen molar-refractivity contribution in [2.45, 2.75) is 20.1 Å². The number of methoxy groups -OCH3 is 1. The zero-order valence-electron chi connectivity index (χ0n) is 10.9. The fourth-order valence-electron chi connectivity index (χ4n) is 1.83. The van der Waals surface area contributed by atoms with Gasteiger partial charge < -0.3 is 9.84 Å². The molecule has 0 fully saturated rings. The Balaban J connectivity index is 2.30. The molecule has 1 aromatic carbocycles. The predicted octanol–water partition coefficient (Wildman–Crippen LogP) is 1.57. The highest BCUT2D eigenvalue weighted by Crippen LogP contribution is 2.32. The van der Waals surface area contributed by atoms with Crippen LogP contribution in [0.2, 0.25) is 0 Å². The van der Waals surface area contributed by atoms with E-state index in [9.17, 15) is 14.1 Å². The van der Waals surface area contributed by atoms with Gasteiger partial charge in [-0.2, -0.15) is 0 Å². The molecule has 1 aliphatic heterocycles. The van der Waals surface area contributed by atoms with Crippen molar-refractivity contribution in [2.24, 2.45) is 0 Å². The lowest BCUT2D eigenvalue weighted by Gasteiger charge is -2.22. The van der Waals surface area contributed by atoms with Crippen LogP contribution in [-0.4, -0.2) is 28.6 Å². The van der Waals surface area contributed by atoms with Crippen molar-refractivity contribution in [3.63, 3.8) is 0 Å². The first-order valence-electron chi connectivity index (χ1n) is 5.72. The lowest BCUT2D eigenvalue weighted by Crippen LogP contribution is -2.31. The molecule has 0 aliphatic carbocycles. The third kappa shape index (κ3) is 2.29. The number of benzene rings is 1. The van der Waals surface area contributed by atoms with E-state index in [1.54, 1.807) is 38.1 Å². The summed E-state index contributed by atoms with van der Waals surface area (Å²) in [7, 11) is -0.0772. The molecule has 2 atom stereocenters. The molecule has 0 amide bonds. The van der Waals surface area contributed by atoms with E-state index in [1.807, 2.05) is 0 Å². The third-order valence-corrected chi connectivity index (χ3v) is 4.76. The zero-order valence-corrected chi connectivity index (χ0v) is 11.7. The molecule has 1 aliphatic rings. The maximum Gasteiger partial charge on any atom is 0.337 e. The summed E-state index contributed by atoms with van der Waals surface area (Å²) in [5.74, 6) is -0.430. The molecule has 1 N–H and O–H groups in total. The van der Waals surface area contributed by atoms with Gasteiger partial charge in [0, 0.05) is 4.91 Å². The molecule has 0 saturated carbocycles. The van der Waals surface area contributed by atoms with Crippen LogP contribution in [0.5, 0.6) is 0 Å². The number of anilines is 1. The second kappa shape index (κ2) is 5.14. The number of nitrogens with zero attached hydrogens (tertiary/aromatic N) is 1. The van der Waals surface area contributed by atoms with Crippen LogP contribution >= 0.6 is 0 Å². The van der Waals surface area contributed by atoms with Crippen molar-refractivity contribution < 1.29 is 18.8 Å². The van der Waals surface area contributed by atoms with Crippen molar-refractivity contribution in [3.05, 3.63) is 40.3 Å². The van der Waals surface area contributed by atoms with Gasteiger partial charge in [-0.1, -0.05) is 0 Å². The molecule has 102 valence electrons. The SMILES string of the molecule is COC(=O)c1ccc(N2[C@@H](O)C(C)=C(C)S2=O)cc1. The average Bonchev–Trinajstić information content (AvgIpc) is 2.62. The fraction of sp³-hybridized carbons (Fsp3) is 0.308. The summed E-state index contributed by atoms with van der Waals surface area (Å²) in [5, 5.41) is 10.1. The molecule has 0 aromatic heterocycles.